The molecule has 0 saturated carbocycles. The first-order valence-electron chi connectivity index (χ1n) is 10.0. The molecule has 1 atom stereocenters. The number of rotatable bonds is 15. The van der Waals surface area contributed by atoms with Gasteiger partial charge in [-0.1, -0.05) is 31.7 Å². The molecule has 0 spiro atoms. The molecule has 2 N–H and O–H groups in total. The van der Waals surface area contributed by atoms with E-state index in [-0.39, 0.29) is 18.1 Å². The molecule has 1 rings (SSSR count). The molecule has 0 radical (unpaired) electrons. The summed E-state index contributed by atoms with van der Waals surface area (Å²) in [6.45, 7) is 0.819. The monoisotopic (exact) mass is 414 g/mol. The molecule has 0 aliphatic carbocycles. The number of aliphatic carboxylic acids is 1. The van der Waals surface area contributed by atoms with Gasteiger partial charge in [-0.15, -0.1) is 0 Å². The zero-order valence-electron chi connectivity index (χ0n) is 17.3. The lowest BCUT2D eigenvalue weighted by atomic mass is 10.1. The molecule has 0 unspecified atom stereocenters. The summed E-state index contributed by atoms with van der Waals surface area (Å²) >= 11 is 0. The number of benzene rings is 1. The van der Waals surface area contributed by atoms with Crippen molar-refractivity contribution in [3.05, 3.63) is 29.8 Å². The molecule has 164 valence electrons. The maximum Gasteiger partial charge on any atom is 0.305 e. The Bertz CT molecular complexity index is 641. The molecule has 1 aromatic rings. The van der Waals surface area contributed by atoms with Gasteiger partial charge in [0.05, 0.1) is 19.1 Å². The second-order valence-electron chi connectivity index (χ2n) is 7.40. The van der Waals surface area contributed by atoms with Crippen LogP contribution in [0, 0.1) is 11.6 Å². The highest BCUT2D eigenvalue weighted by Gasteiger charge is 2.16. The number of carbonyl (C=O) groups is 2. The first-order chi connectivity index (χ1) is 13.8. The van der Waals surface area contributed by atoms with Crippen LogP contribution in [0.2, 0.25) is 0 Å². The van der Waals surface area contributed by atoms with Crippen LogP contribution in [-0.4, -0.2) is 55.2 Å². The molecule has 0 bridgehead atoms. The minimum absolute atomic E-state index is 0.0634. The van der Waals surface area contributed by atoms with E-state index in [0.717, 1.165) is 44.6 Å². The number of halogens is 2. The fourth-order valence-electron chi connectivity index (χ4n) is 2.98. The molecular weight excluding hydrogens is 382 g/mol. The molecule has 0 aliphatic heterocycles. The van der Waals surface area contributed by atoms with Crippen molar-refractivity contribution in [2.75, 3.05) is 27.2 Å². The minimum atomic E-state index is -0.957. The fourth-order valence-corrected chi connectivity index (χ4v) is 2.98. The van der Waals surface area contributed by atoms with E-state index in [0.29, 0.717) is 19.6 Å². The molecule has 0 saturated heterocycles. The highest BCUT2D eigenvalue weighted by atomic mass is 19.2. The van der Waals surface area contributed by atoms with E-state index in [4.69, 9.17) is 9.84 Å². The van der Waals surface area contributed by atoms with Gasteiger partial charge in [0.15, 0.2) is 11.6 Å². The second-order valence-corrected chi connectivity index (χ2v) is 7.40. The summed E-state index contributed by atoms with van der Waals surface area (Å²) in [5, 5.41) is 11.7. The maximum atomic E-state index is 13.4. The number of carbonyl (C=O) groups excluding carboxylic acids is 1. The summed E-state index contributed by atoms with van der Waals surface area (Å²) in [7, 11) is 3.67. The maximum absolute atomic E-state index is 13.4. The van der Waals surface area contributed by atoms with Gasteiger partial charge in [-0.2, -0.15) is 4.39 Å². The Balaban J connectivity index is 2.07. The van der Waals surface area contributed by atoms with Gasteiger partial charge < -0.3 is 20.1 Å². The lowest BCUT2D eigenvalue weighted by Crippen LogP contribution is -2.42. The van der Waals surface area contributed by atoms with Crippen molar-refractivity contribution < 1.29 is 28.2 Å². The summed E-state index contributed by atoms with van der Waals surface area (Å²) in [6.07, 6.45) is 5.54. The third-order valence-electron chi connectivity index (χ3n) is 4.34. The fraction of sp³-hybridized carbons (Fsp3) is 0.619. The largest absolute Gasteiger partial charge is 0.490 e. The summed E-state index contributed by atoms with van der Waals surface area (Å²) < 4.78 is 31.7. The van der Waals surface area contributed by atoms with E-state index in [1.807, 2.05) is 19.0 Å². The van der Waals surface area contributed by atoms with Crippen LogP contribution in [0.4, 0.5) is 8.78 Å². The Labute approximate surface area is 171 Å². The molecule has 0 aliphatic rings. The van der Waals surface area contributed by atoms with Gasteiger partial charge in [-0.25, -0.2) is 4.39 Å². The Kier molecular flexibility index (Phi) is 11.9. The topological polar surface area (TPSA) is 78.9 Å². The van der Waals surface area contributed by atoms with Crippen LogP contribution in [0.15, 0.2) is 18.2 Å². The number of ether oxygens (including phenoxy) is 1. The number of amides is 1. The number of nitrogens with zero attached hydrogens (tertiary/aromatic N) is 1. The second kappa shape index (κ2) is 13.9. The summed E-state index contributed by atoms with van der Waals surface area (Å²) in [6, 6.07) is 3.48. The van der Waals surface area contributed by atoms with Gasteiger partial charge in [-0.3, -0.25) is 9.59 Å². The third-order valence-corrected chi connectivity index (χ3v) is 4.34. The predicted molar refractivity (Wildman–Crippen MR) is 107 cm³/mol. The lowest BCUT2D eigenvalue weighted by molar-refractivity contribution is -0.137. The Morgan fingerprint density at radius 3 is 2.41 bits per heavy atom. The molecule has 6 nitrogen and oxygen atoms in total. The van der Waals surface area contributed by atoms with Crippen molar-refractivity contribution in [2.45, 2.75) is 57.4 Å². The Morgan fingerprint density at radius 2 is 1.76 bits per heavy atom. The quantitative estimate of drug-likeness (QED) is 0.429. The van der Waals surface area contributed by atoms with Crippen molar-refractivity contribution in [3.63, 3.8) is 0 Å². The van der Waals surface area contributed by atoms with Crippen LogP contribution < -0.4 is 10.1 Å². The van der Waals surface area contributed by atoms with Crippen LogP contribution in [0.1, 0.15) is 51.4 Å². The molecule has 29 heavy (non-hydrogen) atoms. The van der Waals surface area contributed by atoms with E-state index < -0.39 is 23.6 Å². The molecule has 0 fully saturated rings. The van der Waals surface area contributed by atoms with Crippen molar-refractivity contribution in [1.29, 1.82) is 0 Å². The van der Waals surface area contributed by atoms with E-state index in [1.54, 1.807) is 0 Å². The number of nitrogens with one attached hydrogen (secondary N) is 1. The van der Waals surface area contributed by atoms with Crippen LogP contribution >= 0.6 is 0 Å². The van der Waals surface area contributed by atoms with E-state index in [1.165, 1.54) is 12.1 Å². The van der Waals surface area contributed by atoms with E-state index >= 15 is 0 Å². The zero-order chi connectivity index (χ0) is 21.6. The van der Waals surface area contributed by atoms with E-state index in [9.17, 15) is 18.4 Å². The number of unbranched alkanes of at least 4 members (excludes halogenated alkanes) is 5. The average molecular weight is 414 g/mol. The van der Waals surface area contributed by atoms with Gasteiger partial charge >= 0.3 is 5.97 Å². The highest BCUT2D eigenvalue weighted by Crippen LogP contribution is 2.19. The molecule has 1 amide bonds. The molecule has 8 heteroatoms. The van der Waals surface area contributed by atoms with Crippen molar-refractivity contribution in [1.82, 2.24) is 10.2 Å². The van der Waals surface area contributed by atoms with Gasteiger partial charge in [0.25, 0.3) is 0 Å². The van der Waals surface area contributed by atoms with Crippen LogP contribution in [0.5, 0.6) is 5.75 Å². The number of hydrogen-bond acceptors (Lipinski definition) is 4. The van der Waals surface area contributed by atoms with Gasteiger partial charge in [0.2, 0.25) is 11.7 Å². The first-order valence-corrected chi connectivity index (χ1v) is 10.0. The normalized spacial score (nSPS) is 12.0. The Hall–Kier alpha value is -2.22. The summed E-state index contributed by atoms with van der Waals surface area (Å²) in [4.78, 5) is 24.7. The SMILES string of the molecule is CN(C)C[C@@H](CC(=O)O)NC(=O)CCCCCCCCOc1cccc(F)c1F. The lowest BCUT2D eigenvalue weighted by Gasteiger charge is -2.20. The standard InChI is InChI=1S/C21H32F2N2O4/c1-25(2)15-16(14-20(27)28)24-19(26)12-7-5-3-4-6-8-13-29-18-11-9-10-17(22)21(18)23/h9-11,16H,3-8,12-15H2,1-2H3,(H,24,26)(H,27,28)/t16-/m1/s1. The van der Waals surface area contributed by atoms with Gasteiger partial charge in [-0.05, 0) is 39.1 Å². The third kappa shape index (κ3) is 11.4. The minimum Gasteiger partial charge on any atom is -0.490 e. The summed E-state index contributed by atoms with van der Waals surface area (Å²) in [5.41, 5.74) is 0. The highest BCUT2D eigenvalue weighted by molar-refractivity contribution is 5.77. The smallest absolute Gasteiger partial charge is 0.305 e. The zero-order valence-corrected chi connectivity index (χ0v) is 17.3. The van der Waals surface area contributed by atoms with Crippen molar-refractivity contribution >= 4 is 11.9 Å². The molecule has 0 heterocycles. The average Bonchev–Trinajstić information content (AvgIpc) is 2.62. The number of carboxylic acids is 1. The molecule has 1 aromatic carbocycles. The Morgan fingerprint density at radius 1 is 1.10 bits per heavy atom. The number of hydrogen-bond donors (Lipinski definition) is 2. The molecular formula is C21H32F2N2O4. The first kappa shape index (κ1) is 24.8. The van der Waals surface area contributed by atoms with Gasteiger partial charge in [0, 0.05) is 13.0 Å². The number of carboxylic acid groups (broad SMARTS) is 1. The van der Waals surface area contributed by atoms with Gasteiger partial charge in [0.1, 0.15) is 0 Å². The molecule has 0 aromatic heterocycles. The predicted octanol–water partition coefficient (Wildman–Crippen LogP) is 3.60. The van der Waals surface area contributed by atoms with Crippen LogP contribution in [0.3, 0.4) is 0 Å². The van der Waals surface area contributed by atoms with Crippen molar-refractivity contribution in [3.8, 4) is 5.75 Å². The van der Waals surface area contributed by atoms with Crippen molar-refractivity contribution in [2.24, 2.45) is 0 Å². The van der Waals surface area contributed by atoms with Crippen LogP contribution in [-0.2, 0) is 9.59 Å². The summed E-state index contributed by atoms with van der Waals surface area (Å²) in [5.74, 6) is -2.99. The van der Waals surface area contributed by atoms with E-state index in [2.05, 4.69) is 5.32 Å². The number of likely N-dealkylation sites (N-methyl/N-ethyl adjacent to an activating group) is 1. The van der Waals surface area contributed by atoms with Crippen LogP contribution in [0.25, 0.3) is 0 Å².